The van der Waals surface area contributed by atoms with Crippen LogP contribution in [0.3, 0.4) is 0 Å². The summed E-state index contributed by atoms with van der Waals surface area (Å²) in [7, 11) is 1.38. The van der Waals surface area contributed by atoms with Gasteiger partial charge in [-0.05, 0) is 37.0 Å². The summed E-state index contributed by atoms with van der Waals surface area (Å²) in [6, 6.07) is 5.77. The Morgan fingerprint density at radius 1 is 1.16 bits per heavy atom. The van der Waals surface area contributed by atoms with E-state index in [4.69, 9.17) is 4.74 Å². The monoisotopic (exact) mass is 264 g/mol. The Kier molecular flexibility index (Phi) is 6.06. The molecule has 1 aromatic rings. The van der Waals surface area contributed by atoms with Gasteiger partial charge in [-0.2, -0.15) is 0 Å². The van der Waals surface area contributed by atoms with Gasteiger partial charge in [0.1, 0.15) is 0 Å². The number of hydrogen-bond donors (Lipinski definition) is 0. The van der Waals surface area contributed by atoms with E-state index in [9.17, 15) is 9.59 Å². The van der Waals surface area contributed by atoms with Gasteiger partial charge in [0.2, 0.25) is 0 Å². The van der Waals surface area contributed by atoms with Gasteiger partial charge < -0.3 is 9.47 Å². The van der Waals surface area contributed by atoms with Crippen LogP contribution in [0, 0.1) is 6.92 Å². The summed E-state index contributed by atoms with van der Waals surface area (Å²) in [5.74, 6) is -0.453. The second-order valence-corrected chi connectivity index (χ2v) is 4.26. The molecule has 4 heteroatoms. The molecular weight excluding hydrogens is 244 g/mol. The first-order valence-corrected chi connectivity index (χ1v) is 6.38. The zero-order valence-electron chi connectivity index (χ0n) is 11.7. The molecule has 0 unspecified atom stereocenters. The maximum atomic E-state index is 11.5. The lowest BCUT2D eigenvalue weighted by atomic mass is 9.97. The maximum Gasteiger partial charge on any atom is 0.310 e. The van der Waals surface area contributed by atoms with Gasteiger partial charge in [-0.3, -0.25) is 9.59 Å². The number of ether oxygens (including phenoxy) is 2. The Morgan fingerprint density at radius 2 is 1.84 bits per heavy atom. The molecule has 4 nitrogen and oxygen atoms in total. The third-order valence-corrected chi connectivity index (χ3v) is 3.02. The Morgan fingerprint density at radius 3 is 2.47 bits per heavy atom. The largest absolute Gasteiger partial charge is 0.469 e. The average Bonchev–Trinajstić information content (AvgIpc) is 2.39. The van der Waals surface area contributed by atoms with Crippen molar-refractivity contribution in [2.75, 3.05) is 13.7 Å². The quantitative estimate of drug-likeness (QED) is 0.739. The van der Waals surface area contributed by atoms with Gasteiger partial charge in [0.15, 0.2) is 0 Å². The molecular formula is C15H20O4. The van der Waals surface area contributed by atoms with Crippen LogP contribution in [0.4, 0.5) is 0 Å². The summed E-state index contributed by atoms with van der Waals surface area (Å²) in [6.45, 7) is 4.14. The molecule has 0 aromatic heterocycles. The van der Waals surface area contributed by atoms with Gasteiger partial charge in [-0.25, -0.2) is 0 Å². The van der Waals surface area contributed by atoms with Crippen LogP contribution < -0.4 is 0 Å². The van der Waals surface area contributed by atoms with E-state index in [0.717, 1.165) is 16.7 Å². The van der Waals surface area contributed by atoms with E-state index in [1.54, 1.807) is 6.92 Å². The molecule has 0 bridgehead atoms. The highest BCUT2D eigenvalue weighted by Gasteiger charge is 2.10. The molecule has 0 heterocycles. The molecule has 0 atom stereocenters. The van der Waals surface area contributed by atoms with Crippen molar-refractivity contribution in [2.24, 2.45) is 0 Å². The van der Waals surface area contributed by atoms with E-state index in [1.807, 2.05) is 25.1 Å². The van der Waals surface area contributed by atoms with Crippen molar-refractivity contribution in [3.05, 3.63) is 34.9 Å². The van der Waals surface area contributed by atoms with Gasteiger partial charge >= 0.3 is 11.9 Å². The van der Waals surface area contributed by atoms with Crippen molar-refractivity contribution in [3.8, 4) is 0 Å². The number of methoxy groups -OCH3 is 1. The number of benzene rings is 1. The fourth-order valence-electron chi connectivity index (χ4n) is 1.91. The minimum absolute atomic E-state index is 0.226. The third kappa shape index (κ3) is 4.73. The number of aryl methyl sites for hydroxylation is 1. The zero-order valence-corrected chi connectivity index (χ0v) is 11.7. The van der Waals surface area contributed by atoms with Crippen LogP contribution in [-0.4, -0.2) is 25.7 Å². The predicted octanol–water partition coefficient (Wildman–Crippen LogP) is 2.21. The molecule has 0 aliphatic heterocycles. The average molecular weight is 264 g/mol. The molecule has 104 valence electrons. The smallest absolute Gasteiger partial charge is 0.310 e. The number of esters is 2. The Labute approximate surface area is 113 Å². The molecule has 0 N–H and O–H groups in total. The van der Waals surface area contributed by atoms with Crippen LogP contribution in [0.2, 0.25) is 0 Å². The lowest BCUT2D eigenvalue weighted by Crippen LogP contribution is -2.10. The highest BCUT2D eigenvalue weighted by Crippen LogP contribution is 2.16. The van der Waals surface area contributed by atoms with Gasteiger partial charge in [0.25, 0.3) is 0 Å². The summed E-state index contributed by atoms with van der Waals surface area (Å²) < 4.78 is 9.57. The summed E-state index contributed by atoms with van der Waals surface area (Å²) in [6.07, 6.45) is 1.24. The Bertz CT molecular complexity index is 451. The van der Waals surface area contributed by atoms with E-state index in [-0.39, 0.29) is 18.4 Å². The standard InChI is InChI=1S/C15H20O4/c1-4-19-15(17)10-13-7-5-6-12(11(13)2)8-9-14(16)18-3/h5-7H,4,8-10H2,1-3H3. The first kappa shape index (κ1) is 15.2. The molecule has 0 aliphatic carbocycles. The first-order chi connectivity index (χ1) is 9.08. The van der Waals surface area contributed by atoms with Crippen LogP contribution in [0.25, 0.3) is 0 Å². The van der Waals surface area contributed by atoms with E-state index >= 15 is 0 Å². The highest BCUT2D eigenvalue weighted by molar-refractivity contribution is 5.73. The summed E-state index contributed by atoms with van der Waals surface area (Å²) in [4.78, 5) is 22.6. The Hall–Kier alpha value is -1.84. The third-order valence-electron chi connectivity index (χ3n) is 3.02. The minimum Gasteiger partial charge on any atom is -0.469 e. The fraction of sp³-hybridized carbons (Fsp3) is 0.467. The van der Waals surface area contributed by atoms with E-state index < -0.39 is 0 Å². The second kappa shape index (κ2) is 7.56. The lowest BCUT2D eigenvalue weighted by molar-refractivity contribution is -0.142. The molecule has 0 radical (unpaired) electrons. The van der Waals surface area contributed by atoms with Crippen LogP contribution in [-0.2, 0) is 31.9 Å². The number of rotatable bonds is 6. The first-order valence-electron chi connectivity index (χ1n) is 6.38. The summed E-state index contributed by atoms with van der Waals surface area (Å²) >= 11 is 0. The fourth-order valence-corrected chi connectivity index (χ4v) is 1.91. The molecule has 0 spiro atoms. The second-order valence-electron chi connectivity index (χ2n) is 4.26. The van der Waals surface area contributed by atoms with Crippen LogP contribution in [0.1, 0.15) is 30.0 Å². The molecule has 19 heavy (non-hydrogen) atoms. The van der Waals surface area contributed by atoms with Crippen molar-refractivity contribution < 1.29 is 19.1 Å². The molecule has 0 saturated heterocycles. The van der Waals surface area contributed by atoms with Gasteiger partial charge in [-0.15, -0.1) is 0 Å². The summed E-state index contributed by atoms with van der Waals surface area (Å²) in [5, 5.41) is 0. The lowest BCUT2D eigenvalue weighted by Gasteiger charge is -2.10. The topological polar surface area (TPSA) is 52.6 Å². The number of carbonyl (C=O) groups excluding carboxylic acids is 2. The molecule has 0 saturated carbocycles. The Balaban J connectivity index is 2.74. The highest BCUT2D eigenvalue weighted by atomic mass is 16.5. The maximum absolute atomic E-state index is 11.5. The molecule has 0 fully saturated rings. The van der Waals surface area contributed by atoms with E-state index in [0.29, 0.717) is 19.4 Å². The minimum atomic E-state index is -0.227. The summed E-state index contributed by atoms with van der Waals surface area (Å²) in [5.41, 5.74) is 3.05. The van der Waals surface area contributed by atoms with Gasteiger partial charge in [-0.1, -0.05) is 18.2 Å². The molecule has 0 aliphatic rings. The molecule has 1 aromatic carbocycles. The van der Waals surface area contributed by atoms with Crippen LogP contribution in [0.5, 0.6) is 0 Å². The van der Waals surface area contributed by atoms with Crippen molar-refractivity contribution in [1.82, 2.24) is 0 Å². The molecule has 0 amide bonds. The van der Waals surface area contributed by atoms with Crippen LogP contribution in [0.15, 0.2) is 18.2 Å². The van der Waals surface area contributed by atoms with E-state index in [1.165, 1.54) is 7.11 Å². The van der Waals surface area contributed by atoms with Gasteiger partial charge in [0.05, 0.1) is 20.1 Å². The number of carbonyl (C=O) groups is 2. The zero-order chi connectivity index (χ0) is 14.3. The van der Waals surface area contributed by atoms with Crippen molar-refractivity contribution in [3.63, 3.8) is 0 Å². The SMILES string of the molecule is CCOC(=O)Cc1cccc(CCC(=O)OC)c1C. The molecule has 1 rings (SSSR count). The number of hydrogen-bond acceptors (Lipinski definition) is 4. The van der Waals surface area contributed by atoms with Crippen molar-refractivity contribution in [1.29, 1.82) is 0 Å². The van der Waals surface area contributed by atoms with Crippen LogP contribution >= 0.6 is 0 Å². The van der Waals surface area contributed by atoms with E-state index in [2.05, 4.69) is 4.74 Å². The van der Waals surface area contributed by atoms with Gasteiger partial charge in [0, 0.05) is 6.42 Å². The van der Waals surface area contributed by atoms with Crippen molar-refractivity contribution in [2.45, 2.75) is 33.1 Å². The predicted molar refractivity (Wildman–Crippen MR) is 71.9 cm³/mol. The normalized spacial score (nSPS) is 10.1. The van der Waals surface area contributed by atoms with Crippen molar-refractivity contribution >= 4 is 11.9 Å².